The van der Waals surface area contributed by atoms with Crippen LogP contribution < -0.4 is 0 Å². The molecule has 10 heteroatoms. The topological polar surface area (TPSA) is 109 Å². The Kier molecular flexibility index (Phi) is 15.1. The molecule has 1 N–H and O–H groups in total. The van der Waals surface area contributed by atoms with Crippen LogP contribution in [0.1, 0.15) is 119 Å². The zero-order valence-corrected chi connectivity index (χ0v) is 32.6. The number of cyclic esters (lactones) is 1. The largest absolute Gasteiger partial charge is 0.457 e. The zero-order valence-electron chi connectivity index (χ0n) is 32.6. The summed E-state index contributed by atoms with van der Waals surface area (Å²) in [6.45, 7) is 17.7. The molecule has 4 aliphatic rings. The molecule has 0 aromatic carbocycles. The van der Waals surface area contributed by atoms with E-state index in [1.165, 1.54) is 38.5 Å². The Labute approximate surface area is 307 Å². The van der Waals surface area contributed by atoms with Crippen LogP contribution in [0.15, 0.2) is 36.0 Å². The number of nitrogens with zero attached hydrogens (tertiary/aromatic N) is 3. The lowest BCUT2D eigenvalue weighted by molar-refractivity contribution is -0.150. The number of piperazine rings is 1. The fraction of sp³-hybridized carbons (Fsp3) is 0.780. The van der Waals surface area contributed by atoms with Crippen molar-refractivity contribution in [1.82, 2.24) is 14.7 Å². The number of esters is 1. The van der Waals surface area contributed by atoms with Gasteiger partial charge in [-0.1, -0.05) is 70.8 Å². The average molecular weight is 714 g/mol. The molecule has 3 aliphatic heterocycles. The molecule has 0 bridgehead atoms. The fourth-order valence-electron chi connectivity index (χ4n) is 7.97. The second kappa shape index (κ2) is 18.8. The number of hydrogen-bond donors (Lipinski definition) is 1. The predicted octanol–water partition coefficient (Wildman–Crippen LogP) is 7.66. The standard InChI is InChI=1S/C41H67N3O7/c1-30-20-22-41(7,48)35(50-38(46)43-26-24-42(25-27-43)34-16-10-8-9-11-17-34)19-18-33(4)37(51-36(45)28-30)32(3)15-12-14-31(2)29-49-39(47)44-23-13-21-40(44,5)6/h12,14-15,18-19,30-31,33-35,37,48H,8-11,13,16-17,20-29H2,1-7H3/b14-12+,19-18+,32-15+/t30-,31-,33+,35+,37-,41-/m1/s1. The molecule has 1 saturated carbocycles. The Morgan fingerprint density at radius 2 is 1.65 bits per heavy atom. The highest BCUT2D eigenvalue weighted by Gasteiger charge is 2.38. The van der Waals surface area contributed by atoms with Gasteiger partial charge in [0.05, 0.1) is 6.61 Å². The molecular formula is C41H67N3O7. The van der Waals surface area contributed by atoms with Gasteiger partial charge in [0.1, 0.15) is 11.7 Å². The molecule has 6 atom stereocenters. The van der Waals surface area contributed by atoms with Crippen molar-refractivity contribution in [3.63, 3.8) is 0 Å². The van der Waals surface area contributed by atoms with Crippen molar-refractivity contribution in [3.05, 3.63) is 36.0 Å². The van der Waals surface area contributed by atoms with Gasteiger partial charge in [-0.15, -0.1) is 0 Å². The Hall–Kier alpha value is -2.85. The Balaban J connectivity index is 1.39. The van der Waals surface area contributed by atoms with Crippen LogP contribution in [0, 0.1) is 17.8 Å². The number of likely N-dealkylation sites (tertiary alicyclic amines) is 1. The fourth-order valence-corrected chi connectivity index (χ4v) is 7.97. The first-order chi connectivity index (χ1) is 24.2. The van der Waals surface area contributed by atoms with E-state index in [0.717, 1.165) is 38.0 Å². The molecule has 1 aliphatic carbocycles. The van der Waals surface area contributed by atoms with Gasteiger partial charge in [-0.2, -0.15) is 0 Å². The zero-order chi connectivity index (χ0) is 37.2. The molecule has 4 rings (SSSR count). The molecule has 2 saturated heterocycles. The third-order valence-electron chi connectivity index (χ3n) is 11.6. The summed E-state index contributed by atoms with van der Waals surface area (Å²) in [5, 5.41) is 11.7. The van der Waals surface area contributed by atoms with Crippen molar-refractivity contribution in [2.24, 2.45) is 17.8 Å². The summed E-state index contributed by atoms with van der Waals surface area (Å²) in [5.74, 6) is -0.551. The Bertz CT molecular complexity index is 1240. The first-order valence-electron chi connectivity index (χ1n) is 19.8. The van der Waals surface area contributed by atoms with Gasteiger partial charge in [0.15, 0.2) is 6.10 Å². The third kappa shape index (κ3) is 12.1. The molecule has 3 heterocycles. The molecule has 0 radical (unpaired) electrons. The van der Waals surface area contributed by atoms with E-state index in [-0.39, 0.29) is 48.4 Å². The third-order valence-corrected chi connectivity index (χ3v) is 11.6. The number of hydrogen-bond acceptors (Lipinski definition) is 8. The number of carbonyl (C=O) groups excluding carboxylic acids is 3. The minimum Gasteiger partial charge on any atom is -0.457 e. The lowest BCUT2D eigenvalue weighted by Crippen LogP contribution is -2.53. The van der Waals surface area contributed by atoms with Crippen LogP contribution in [0.25, 0.3) is 0 Å². The van der Waals surface area contributed by atoms with Gasteiger partial charge in [-0.25, -0.2) is 9.59 Å². The molecule has 10 nitrogen and oxygen atoms in total. The number of amides is 2. The van der Waals surface area contributed by atoms with Crippen LogP contribution in [-0.2, 0) is 19.0 Å². The predicted molar refractivity (Wildman–Crippen MR) is 200 cm³/mol. The summed E-state index contributed by atoms with van der Waals surface area (Å²) < 4.78 is 17.8. The second-order valence-electron chi connectivity index (χ2n) is 16.7. The molecule has 0 spiro atoms. The molecular weight excluding hydrogens is 646 g/mol. The summed E-state index contributed by atoms with van der Waals surface area (Å²) in [4.78, 5) is 45.3. The quantitative estimate of drug-likeness (QED) is 0.0943. The SMILES string of the molecule is C/C(=C\C=C\[C@@H](C)COC(=O)N1CCCC1(C)C)[C@H]1OC(=O)C[C@H](C)CC[C@@](C)(O)[C@@H](OC(=O)N2CCN(C3CCCCCC3)CC2)/C=C/[C@@H]1C. The first kappa shape index (κ1) is 40.9. The Morgan fingerprint density at radius 3 is 2.29 bits per heavy atom. The lowest BCUT2D eigenvalue weighted by Gasteiger charge is -2.40. The van der Waals surface area contributed by atoms with Gasteiger partial charge < -0.3 is 29.1 Å². The molecule has 0 unspecified atom stereocenters. The molecule has 0 aromatic rings. The van der Waals surface area contributed by atoms with Crippen LogP contribution in [-0.4, -0.2) is 107 Å². The maximum Gasteiger partial charge on any atom is 0.410 e. The van der Waals surface area contributed by atoms with Crippen LogP contribution in [0.5, 0.6) is 0 Å². The summed E-state index contributed by atoms with van der Waals surface area (Å²) in [6, 6.07) is 0.611. The van der Waals surface area contributed by atoms with E-state index in [4.69, 9.17) is 14.2 Å². The first-order valence-corrected chi connectivity index (χ1v) is 19.8. The molecule has 2 amide bonds. The molecule has 288 valence electrons. The van der Waals surface area contributed by atoms with Crippen molar-refractivity contribution in [2.45, 2.75) is 148 Å². The molecule has 3 fully saturated rings. The van der Waals surface area contributed by atoms with Gasteiger partial charge in [0.25, 0.3) is 0 Å². The monoisotopic (exact) mass is 713 g/mol. The normalized spacial score (nSPS) is 32.0. The van der Waals surface area contributed by atoms with E-state index < -0.39 is 23.9 Å². The van der Waals surface area contributed by atoms with Crippen molar-refractivity contribution >= 4 is 18.2 Å². The molecule has 0 aromatic heterocycles. The van der Waals surface area contributed by atoms with Crippen molar-refractivity contribution < 1.29 is 33.7 Å². The summed E-state index contributed by atoms with van der Waals surface area (Å²) >= 11 is 0. The van der Waals surface area contributed by atoms with E-state index >= 15 is 0 Å². The lowest BCUT2D eigenvalue weighted by atomic mass is 9.87. The van der Waals surface area contributed by atoms with Gasteiger partial charge in [0.2, 0.25) is 0 Å². The molecule has 51 heavy (non-hydrogen) atoms. The number of allylic oxidation sites excluding steroid dienone is 2. The van der Waals surface area contributed by atoms with Crippen molar-refractivity contribution in [1.29, 1.82) is 0 Å². The number of ether oxygens (including phenoxy) is 3. The van der Waals surface area contributed by atoms with E-state index in [1.54, 1.807) is 17.9 Å². The summed E-state index contributed by atoms with van der Waals surface area (Å²) in [7, 11) is 0. The highest BCUT2D eigenvalue weighted by molar-refractivity contribution is 5.70. The highest BCUT2D eigenvalue weighted by Crippen LogP contribution is 2.31. The summed E-state index contributed by atoms with van der Waals surface area (Å²) in [6.07, 6.45) is 18.3. The van der Waals surface area contributed by atoms with Crippen LogP contribution in [0.2, 0.25) is 0 Å². The van der Waals surface area contributed by atoms with Gasteiger partial charge in [-0.3, -0.25) is 9.69 Å². The second-order valence-corrected chi connectivity index (χ2v) is 16.7. The number of rotatable bonds is 7. The van der Waals surface area contributed by atoms with E-state index in [0.29, 0.717) is 32.0 Å². The van der Waals surface area contributed by atoms with Gasteiger partial charge in [-0.05, 0) is 83.8 Å². The number of carbonyl (C=O) groups is 3. The Morgan fingerprint density at radius 1 is 0.961 bits per heavy atom. The minimum absolute atomic E-state index is 0.00166. The average Bonchev–Trinajstić information content (AvgIpc) is 3.25. The van der Waals surface area contributed by atoms with Gasteiger partial charge in [0, 0.05) is 62.6 Å². The van der Waals surface area contributed by atoms with E-state index in [9.17, 15) is 19.5 Å². The highest BCUT2D eigenvalue weighted by atomic mass is 16.6. The van der Waals surface area contributed by atoms with Crippen LogP contribution >= 0.6 is 0 Å². The maximum atomic E-state index is 13.5. The minimum atomic E-state index is -1.31. The van der Waals surface area contributed by atoms with Crippen LogP contribution in [0.3, 0.4) is 0 Å². The number of aliphatic hydroxyl groups is 1. The maximum absolute atomic E-state index is 13.5. The van der Waals surface area contributed by atoms with Crippen molar-refractivity contribution in [2.75, 3.05) is 39.3 Å². The van der Waals surface area contributed by atoms with E-state index in [2.05, 4.69) is 18.7 Å². The smallest absolute Gasteiger partial charge is 0.410 e. The van der Waals surface area contributed by atoms with Gasteiger partial charge >= 0.3 is 18.2 Å². The van der Waals surface area contributed by atoms with Crippen LogP contribution in [0.4, 0.5) is 9.59 Å². The van der Waals surface area contributed by atoms with Crippen molar-refractivity contribution in [3.8, 4) is 0 Å². The summed E-state index contributed by atoms with van der Waals surface area (Å²) in [5.41, 5.74) is -0.625. The van der Waals surface area contributed by atoms with E-state index in [1.807, 2.05) is 56.9 Å².